The predicted octanol–water partition coefficient (Wildman–Crippen LogP) is 3.43. The SMILES string of the molecule is Cc1cn[nH]c1C1CCN(C(=O)Cc2ccc3ccccc3c2)C1. The molecule has 3 aromatic rings. The van der Waals surface area contributed by atoms with Gasteiger partial charge in [0.15, 0.2) is 0 Å². The van der Waals surface area contributed by atoms with Crippen LogP contribution in [0.1, 0.15) is 29.2 Å². The molecule has 4 heteroatoms. The van der Waals surface area contributed by atoms with Gasteiger partial charge in [-0.3, -0.25) is 9.89 Å². The second-order valence-corrected chi connectivity index (χ2v) is 6.65. The fourth-order valence-electron chi connectivity index (χ4n) is 3.63. The molecular formula is C20H21N3O. The standard InChI is InChI=1S/C20H21N3O/c1-14-12-21-22-20(14)18-8-9-23(13-18)19(24)11-15-6-7-16-4-2-3-5-17(16)10-15/h2-7,10,12,18H,8-9,11,13H2,1H3,(H,21,22). The lowest BCUT2D eigenvalue weighted by atomic mass is 10.0. The van der Waals surface area contributed by atoms with Crippen molar-refractivity contribution in [3.05, 3.63) is 65.5 Å². The van der Waals surface area contributed by atoms with Gasteiger partial charge in [-0.25, -0.2) is 0 Å². The quantitative estimate of drug-likeness (QED) is 0.804. The zero-order chi connectivity index (χ0) is 16.5. The predicted molar refractivity (Wildman–Crippen MR) is 94.9 cm³/mol. The minimum absolute atomic E-state index is 0.213. The maximum absolute atomic E-state index is 12.7. The summed E-state index contributed by atoms with van der Waals surface area (Å²) >= 11 is 0. The van der Waals surface area contributed by atoms with Crippen LogP contribution in [-0.2, 0) is 11.2 Å². The van der Waals surface area contributed by atoms with Gasteiger partial charge in [-0.2, -0.15) is 5.10 Å². The van der Waals surface area contributed by atoms with Crippen LogP contribution in [0.15, 0.2) is 48.7 Å². The Morgan fingerprint density at radius 2 is 2.08 bits per heavy atom. The summed E-state index contributed by atoms with van der Waals surface area (Å²) < 4.78 is 0. The van der Waals surface area contributed by atoms with Gasteiger partial charge in [-0.15, -0.1) is 0 Å². The van der Waals surface area contributed by atoms with Crippen LogP contribution in [0, 0.1) is 6.92 Å². The number of H-pyrrole nitrogens is 1. The van der Waals surface area contributed by atoms with E-state index in [1.165, 1.54) is 22.0 Å². The maximum Gasteiger partial charge on any atom is 0.227 e. The lowest BCUT2D eigenvalue weighted by molar-refractivity contribution is -0.129. The molecule has 0 radical (unpaired) electrons. The lowest BCUT2D eigenvalue weighted by Crippen LogP contribution is -2.30. The Labute approximate surface area is 141 Å². The molecule has 4 rings (SSSR count). The van der Waals surface area contributed by atoms with Gasteiger partial charge < -0.3 is 4.90 Å². The van der Waals surface area contributed by atoms with Gasteiger partial charge in [0.1, 0.15) is 0 Å². The minimum atomic E-state index is 0.213. The van der Waals surface area contributed by atoms with Crippen LogP contribution in [0.2, 0.25) is 0 Å². The third kappa shape index (κ3) is 2.80. The Morgan fingerprint density at radius 1 is 1.25 bits per heavy atom. The first-order valence-corrected chi connectivity index (χ1v) is 8.46. The lowest BCUT2D eigenvalue weighted by Gasteiger charge is -2.17. The molecule has 1 atom stereocenters. The van der Waals surface area contributed by atoms with Crippen molar-refractivity contribution in [2.24, 2.45) is 0 Å². The van der Waals surface area contributed by atoms with E-state index in [0.717, 1.165) is 25.1 Å². The normalized spacial score (nSPS) is 17.5. The van der Waals surface area contributed by atoms with Crippen LogP contribution >= 0.6 is 0 Å². The fraction of sp³-hybridized carbons (Fsp3) is 0.300. The number of aryl methyl sites for hydroxylation is 1. The zero-order valence-corrected chi connectivity index (χ0v) is 13.8. The van der Waals surface area contributed by atoms with E-state index in [1.54, 1.807) is 0 Å². The highest BCUT2D eigenvalue weighted by atomic mass is 16.2. The van der Waals surface area contributed by atoms with Crippen molar-refractivity contribution in [1.82, 2.24) is 15.1 Å². The highest BCUT2D eigenvalue weighted by Crippen LogP contribution is 2.28. The van der Waals surface area contributed by atoms with Gasteiger partial charge in [-0.05, 0) is 35.2 Å². The van der Waals surface area contributed by atoms with Gasteiger partial charge in [0, 0.05) is 24.7 Å². The summed E-state index contributed by atoms with van der Waals surface area (Å²) in [5, 5.41) is 9.60. The van der Waals surface area contributed by atoms with Crippen molar-refractivity contribution >= 4 is 16.7 Å². The van der Waals surface area contributed by atoms with Crippen LogP contribution in [-0.4, -0.2) is 34.1 Å². The molecule has 1 N–H and O–H groups in total. The molecule has 0 bridgehead atoms. The summed E-state index contributed by atoms with van der Waals surface area (Å²) in [5.74, 6) is 0.595. The van der Waals surface area contributed by atoms with Crippen LogP contribution < -0.4 is 0 Å². The average Bonchev–Trinajstić information content (AvgIpc) is 3.23. The van der Waals surface area contributed by atoms with Crippen molar-refractivity contribution < 1.29 is 4.79 Å². The van der Waals surface area contributed by atoms with E-state index in [9.17, 15) is 4.79 Å². The van der Waals surface area contributed by atoms with Crippen LogP contribution in [0.4, 0.5) is 0 Å². The van der Waals surface area contributed by atoms with Gasteiger partial charge >= 0.3 is 0 Å². The van der Waals surface area contributed by atoms with Crippen molar-refractivity contribution in [1.29, 1.82) is 0 Å². The van der Waals surface area contributed by atoms with E-state index < -0.39 is 0 Å². The number of aromatic nitrogens is 2. The molecule has 1 fully saturated rings. The number of rotatable bonds is 3. The Morgan fingerprint density at radius 3 is 2.88 bits per heavy atom. The molecule has 4 nitrogen and oxygen atoms in total. The summed E-state index contributed by atoms with van der Waals surface area (Å²) in [4.78, 5) is 14.6. The van der Waals surface area contributed by atoms with Crippen molar-refractivity contribution in [3.63, 3.8) is 0 Å². The number of amides is 1. The number of nitrogens with zero attached hydrogens (tertiary/aromatic N) is 2. The zero-order valence-electron chi connectivity index (χ0n) is 13.8. The van der Waals surface area contributed by atoms with Gasteiger partial charge in [0.05, 0.1) is 12.6 Å². The number of nitrogens with one attached hydrogen (secondary N) is 1. The molecule has 0 aliphatic carbocycles. The Hall–Kier alpha value is -2.62. The van der Waals surface area contributed by atoms with Crippen LogP contribution in [0.3, 0.4) is 0 Å². The van der Waals surface area contributed by atoms with Gasteiger partial charge in [0.2, 0.25) is 5.91 Å². The molecule has 1 aliphatic rings. The molecule has 24 heavy (non-hydrogen) atoms. The van der Waals surface area contributed by atoms with Crippen molar-refractivity contribution in [3.8, 4) is 0 Å². The molecule has 1 aromatic heterocycles. The molecule has 2 aromatic carbocycles. The molecular weight excluding hydrogens is 298 g/mol. The summed E-state index contributed by atoms with van der Waals surface area (Å²) in [6, 6.07) is 14.5. The first-order chi connectivity index (χ1) is 11.7. The highest BCUT2D eigenvalue weighted by molar-refractivity contribution is 5.85. The van der Waals surface area contributed by atoms with E-state index in [4.69, 9.17) is 0 Å². The molecule has 0 saturated carbocycles. The number of aromatic amines is 1. The molecule has 2 heterocycles. The van der Waals surface area contributed by atoms with E-state index >= 15 is 0 Å². The monoisotopic (exact) mass is 319 g/mol. The number of carbonyl (C=O) groups is 1. The number of fused-ring (bicyclic) bond motifs is 1. The number of likely N-dealkylation sites (tertiary alicyclic amines) is 1. The molecule has 1 saturated heterocycles. The van der Waals surface area contributed by atoms with E-state index in [0.29, 0.717) is 12.3 Å². The van der Waals surface area contributed by atoms with Crippen molar-refractivity contribution in [2.45, 2.75) is 25.7 Å². The van der Waals surface area contributed by atoms with E-state index in [-0.39, 0.29) is 5.91 Å². The Kier molecular flexibility index (Phi) is 3.81. The summed E-state index contributed by atoms with van der Waals surface area (Å²) in [6.45, 7) is 3.68. The third-order valence-electron chi connectivity index (χ3n) is 4.99. The summed E-state index contributed by atoms with van der Waals surface area (Å²) in [5.41, 5.74) is 3.44. The second-order valence-electron chi connectivity index (χ2n) is 6.65. The molecule has 1 aliphatic heterocycles. The van der Waals surface area contributed by atoms with Crippen LogP contribution in [0.5, 0.6) is 0 Å². The maximum atomic E-state index is 12.7. The number of benzene rings is 2. The number of hydrogen-bond acceptors (Lipinski definition) is 2. The highest BCUT2D eigenvalue weighted by Gasteiger charge is 2.29. The fourth-order valence-corrected chi connectivity index (χ4v) is 3.63. The number of carbonyl (C=O) groups excluding carboxylic acids is 1. The molecule has 1 unspecified atom stereocenters. The van der Waals surface area contributed by atoms with Crippen molar-refractivity contribution in [2.75, 3.05) is 13.1 Å². The first-order valence-electron chi connectivity index (χ1n) is 8.46. The molecule has 0 spiro atoms. The van der Waals surface area contributed by atoms with E-state index in [1.807, 2.05) is 23.2 Å². The van der Waals surface area contributed by atoms with Crippen LogP contribution in [0.25, 0.3) is 10.8 Å². The van der Waals surface area contributed by atoms with Gasteiger partial charge in [0.25, 0.3) is 0 Å². The average molecular weight is 319 g/mol. The smallest absolute Gasteiger partial charge is 0.227 e. The Bertz CT molecular complexity index is 883. The van der Waals surface area contributed by atoms with E-state index in [2.05, 4.69) is 47.5 Å². The first kappa shape index (κ1) is 14.9. The number of hydrogen-bond donors (Lipinski definition) is 1. The largest absolute Gasteiger partial charge is 0.342 e. The molecule has 1 amide bonds. The van der Waals surface area contributed by atoms with Gasteiger partial charge in [-0.1, -0.05) is 42.5 Å². The second kappa shape index (κ2) is 6.11. The summed E-state index contributed by atoms with van der Waals surface area (Å²) in [6.07, 6.45) is 3.33. The minimum Gasteiger partial charge on any atom is -0.342 e. The summed E-state index contributed by atoms with van der Waals surface area (Å²) in [7, 11) is 0. The topological polar surface area (TPSA) is 49.0 Å². The molecule has 122 valence electrons. The Balaban J connectivity index is 1.45. The third-order valence-corrected chi connectivity index (χ3v) is 4.99.